The topological polar surface area (TPSA) is 114 Å². The molecule has 0 atom stereocenters. The molecule has 0 bridgehead atoms. The first-order chi connectivity index (χ1) is 19.1. The lowest BCUT2D eigenvalue weighted by Crippen LogP contribution is -2.41. The number of nitrogens with two attached hydrogens (primary N) is 1. The van der Waals surface area contributed by atoms with Gasteiger partial charge in [-0.15, -0.1) is 0 Å². The number of ketones is 1. The van der Waals surface area contributed by atoms with Gasteiger partial charge in [0.25, 0.3) is 11.8 Å². The third-order valence-electron chi connectivity index (χ3n) is 7.41. The Kier molecular flexibility index (Phi) is 7.06. The third kappa shape index (κ3) is 4.72. The van der Waals surface area contributed by atoms with Crippen molar-refractivity contribution in [1.82, 2.24) is 9.55 Å². The minimum Gasteiger partial charge on any atom is -0.399 e. The summed E-state index contributed by atoms with van der Waals surface area (Å²) in [7, 11) is -0.899. The Balaban J connectivity index is 1.74. The lowest BCUT2D eigenvalue weighted by molar-refractivity contribution is 0.00578. The average molecular weight is 600 g/mol. The zero-order chi connectivity index (χ0) is 30.0. The molecule has 13 heteroatoms. The highest BCUT2D eigenvalue weighted by Gasteiger charge is 2.52. The van der Waals surface area contributed by atoms with Gasteiger partial charge in [-0.2, -0.15) is 0 Å². The van der Waals surface area contributed by atoms with E-state index in [0.29, 0.717) is 5.46 Å². The van der Waals surface area contributed by atoms with Gasteiger partial charge < -0.3 is 15.0 Å². The Bertz CT molecular complexity index is 1750. The number of pyridine rings is 1. The van der Waals surface area contributed by atoms with E-state index in [1.54, 1.807) is 6.07 Å². The molecule has 0 unspecified atom stereocenters. The molecule has 2 N–H and O–H groups in total. The molecule has 0 spiro atoms. The van der Waals surface area contributed by atoms with Gasteiger partial charge in [-0.1, -0.05) is 29.3 Å². The van der Waals surface area contributed by atoms with Crippen LogP contribution < -0.4 is 11.2 Å². The average Bonchev–Trinajstić information content (AvgIpc) is 3.36. The molecule has 0 radical (unpaired) electrons. The fraction of sp³-hybridized carbons (Fsp3) is 0.214. The van der Waals surface area contributed by atoms with Crippen molar-refractivity contribution in [3.63, 3.8) is 0 Å². The van der Waals surface area contributed by atoms with Crippen molar-refractivity contribution >= 4 is 64.4 Å². The summed E-state index contributed by atoms with van der Waals surface area (Å²) in [6, 6.07) is 7.57. The minimum absolute atomic E-state index is 0.0264. The van der Waals surface area contributed by atoms with Crippen molar-refractivity contribution in [1.29, 1.82) is 0 Å². The van der Waals surface area contributed by atoms with Gasteiger partial charge in [0.1, 0.15) is 17.3 Å². The van der Waals surface area contributed by atoms with Crippen LogP contribution in [-0.4, -0.2) is 45.5 Å². The number of primary amides is 1. The van der Waals surface area contributed by atoms with Gasteiger partial charge in [0.15, 0.2) is 0 Å². The summed E-state index contributed by atoms with van der Waals surface area (Å²) in [5, 5.41) is 0.136. The number of amides is 1. The first-order valence-corrected chi connectivity index (χ1v) is 13.1. The van der Waals surface area contributed by atoms with Gasteiger partial charge in [0.05, 0.1) is 43.5 Å². The Morgan fingerprint density at radius 1 is 0.951 bits per heavy atom. The SMILES string of the molecule is CC1(C)OB(c2cnc3c(c2)c(C(=O)c2c(F)ccc(C(N)=O)c2F)cn3C(=O)c2c(Cl)cccc2Cl)OC1(C)C. The maximum Gasteiger partial charge on any atom is 0.496 e. The largest absolute Gasteiger partial charge is 0.496 e. The molecular weight excluding hydrogens is 578 g/mol. The highest BCUT2D eigenvalue weighted by Crippen LogP contribution is 2.37. The molecule has 2 aromatic carbocycles. The van der Waals surface area contributed by atoms with Crippen LogP contribution in [0.4, 0.5) is 8.78 Å². The predicted molar refractivity (Wildman–Crippen MR) is 150 cm³/mol. The summed E-state index contributed by atoms with van der Waals surface area (Å²) in [5.74, 6) is -5.75. The number of rotatable bonds is 5. The molecule has 0 saturated carbocycles. The van der Waals surface area contributed by atoms with Crippen molar-refractivity contribution in [3.8, 4) is 0 Å². The van der Waals surface area contributed by atoms with Crippen LogP contribution >= 0.6 is 23.2 Å². The molecule has 2 aromatic heterocycles. The third-order valence-corrected chi connectivity index (χ3v) is 8.04. The van der Waals surface area contributed by atoms with Gasteiger partial charge in [0, 0.05) is 23.2 Å². The summed E-state index contributed by atoms with van der Waals surface area (Å²) >= 11 is 12.5. The van der Waals surface area contributed by atoms with Crippen LogP contribution in [0.2, 0.25) is 10.0 Å². The molecule has 3 heterocycles. The van der Waals surface area contributed by atoms with E-state index < -0.39 is 58.7 Å². The number of nitrogens with zero attached hydrogens (tertiary/aromatic N) is 2. The molecule has 1 fully saturated rings. The monoisotopic (exact) mass is 599 g/mol. The van der Waals surface area contributed by atoms with Crippen LogP contribution in [-0.2, 0) is 9.31 Å². The van der Waals surface area contributed by atoms with Crippen LogP contribution in [0.3, 0.4) is 0 Å². The predicted octanol–water partition coefficient (Wildman–Crippen LogP) is 4.94. The number of benzene rings is 2. The van der Waals surface area contributed by atoms with Gasteiger partial charge in [0.2, 0.25) is 5.78 Å². The number of fused-ring (bicyclic) bond motifs is 1. The Labute approximate surface area is 243 Å². The second-order valence-electron chi connectivity index (χ2n) is 10.5. The smallest absolute Gasteiger partial charge is 0.399 e. The van der Waals surface area contributed by atoms with Crippen molar-refractivity contribution in [2.45, 2.75) is 38.9 Å². The lowest BCUT2D eigenvalue weighted by atomic mass is 9.79. The number of carbonyl (C=O) groups is 3. The second-order valence-corrected chi connectivity index (χ2v) is 11.3. The van der Waals surface area contributed by atoms with Crippen molar-refractivity contribution in [2.75, 3.05) is 0 Å². The van der Waals surface area contributed by atoms with Crippen LogP contribution in [0, 0.1) is 11.6 Å². The summed E-state index contributed by atoms with van der Waals surface area (Å²) < 4.78 is 43.3. The highest BCUT2D eigenvalue weighted by molar-refractivity contribution is 6.62. The molecule has 8 nitrogen and oxygen atoms in total. The van der Waals surface area contributed by atoms with E-state index in [9.17, 15) is 18.8 Å². The van der Waals surface area contributed by atoms with E-state index in [-0.39, 0.29) is 32.2 Å². The molecule has 1 saturated heterocycles. The summed E-state index contributed by atoms with van der Waals surface area (Å²) in [6.45, 7) is 7.42. The minimum atomic E-state index is -1.43. The van der Waals surface area contributed by atoms with Crippen molar-refractivity contribution in [3.05, 3.63) is 92.7 Å². The highest BCUT2D eigenvalue weighted by atomic mass is 35.5. The zero-order valence-corrected chi connectivity index (χ0v) is 23.7. The van der Waals surface area contributed by atoms with Gasteiger partial charge in [-0.25, -0.2) is 13.8 Å². The maximum absolute atomic E-state index is 15.2. The Hall–Kier alpha value is -3.64. The normalized spacial score (nSPS) is 15.9. The van der Waals surface area contributed by atoms with E-state index in [1.807, 2.05) is 27.7 Å². The van der Waals surface area contributed by atoms with Crippen LogP contribution in [0.5, 0.6) is 0 Å². The number of aromatic nitrogens is 2. The van der Waals surface area contributed by atoms with Crippen molar-refractivity contribution < 1.29 is 32.5 Å². The van der Waals surface area contributed by atoms with Crippen LogP contribution in [0.15, 0.2) is 48.8 Å². The second kappa shape index (κ2) is 10.0. The first-order valence-electron chi connectivity index (χ1n) is 12.3. The summed E-state index contributed by atoms with van der Waals surface area (Å²) in [5.41, 5.74) is 2.11. The van der Waals surface area contributed by atoms with E-state index in [4.69, 9.17) is 38.2 Å². The van der Waals surface area contributed by atoms with E-state index >= 15 is 4.39 Å². The molecule has 1 aliphatic heterocycles. The molecule has 5 rings (SSSR count). The number of hydrogen-bond donors (Lipinski definition) is 1. The van der Waals surface area contributed by atoms with E-state index in [0.717, 1.165) is 22.9 Å². The van der Waals surface area contributed by atoms with Gasteiger partial charge in [-0.05, 0) is 58.0 Å². The zero-order valence-electron chi connectivity index (χ0n) is 22.2. The fourth-order valence-corrected chi connectivity index (χ4v) is 5.03. The molecule has 210 valence electrons. The Morgan fingerprint density at radius 2 is 1.56 bits per heavy atom. The fourth-order valence-electron chi connectivity index (χ4n) is 4.48. The summed E-state index contributed by atoms with van der Waals surface area (Å²) in [4.78, 5) is 43.5. The summed E-state index contributed by atoms with van der Waals surface area (Å²) in [6.07, 6.45) is 2.50. The van der Waals surface area contributed by atoms with E-state index in [2.05, 4.69) is 4.98 Å². The first kappa shape index (κ1) is 28.9. The van der Waals surface area contributed by atoms with Crippen molar-refractivity contribution in [2.24, 2.45) is 5.73 Å². The quantitative estimate of drug-likeness (QED) is 0.257. The van der Waals surface area contributed by atoms with E-state index in [1.165, 1.54) is 24.4 Å². The molecule has 1 amide bonds. The number of hydrogen-bond acceptors (Lipinski definition) is 6. The van der Waals surface area contributed by atoms with Gasteiger partial charge in [-0.3, -0.25) is 19.0 Å². The van der Waals surface area contributed by atoms with Crippen LogP contribution in [0.25, 0.3) is 11.0 Å². The number of carbonyl (C=O) groups excluding carboxylic acids is 3. The maximum atomic E-state index is 15.2. The van der Waals surface area contributed by atoms with Gasteiger partial charge >= 0.3 is 7.12 Å². The molecule has 0 aliphatic carbocycles. The molecular formula is C28H22BCl2F2N3O5. The molecule has 4 aromatic rings. The molecule has 1 aliphatic rings. The molecule has 41 heavy (non-hydrogen) atoms. The number of halogens is 4. The van der Waals surface area contributed by atoms with Crippen LogP contribution in [0.1, 0.15) is 64.3 Å². The Morgan fingerprint density at radius 3 is 2.15 bits per heavy atom. The lowest BCUT2D eigenvalue weighted by Gasteiger charge is -2.32. The standard InChI is InChI=1S/C28H22BCl2F2N3O5/c1-27(2)28(3,4)41-29(40-27)13-10-15-16(23(37)21-19(32)9-8-14(22(21)33)24(34)38)12-36(25(15)35-11-13)26(39)20-17(30)6-5-7-18(20)31/h5-12H,1-4H3,(H2,34,38).